The van der Waals surface area contributed by atoms with E-state index in [1.54, 1.807) is 31.6 Å². The SMILES string of the molecule is COc1ccc(C2=NN(C(=O)COc3cc(OC)ccc3C(N)=O)C(c3ccco3)C2)cc1. The molecule has 2 amide bonds. The summed E-state index contributed by atoms with van der Waals surface area (Å²) in [6.45, 7) is -0.357. The van der Waals surface area contributed by atoms with Crippen molar-refractivity contribution >= 4 is 17.5 Å². The number of methoxy groups -OCH3 is 2. The van der Waals surface area contributed by atoms with E-state index < -0.39 is 17.9 Å². The zero-order valence-corrected chi connectivity index (χ0v) is 18.2. The van der Waals surface area contributed by atoms with E-state index in [0.29, 0.717) is 17.9 Å². The van der Waals surface area contributed by atoms with Gasteiger partial charge in [-0.3, -0.25) is 9.59 Å². The van der Waals surface area contributed by atoms with Crippen molar-refractivity contribution in [2.75, 3.05) is 20.8 Å². The fourth-order valence-corrected chi connectivity index (χ4v) is 3.56. The average molecular weight is 449 g/mol. The smallest absolute Gasteiger partial charge is 0.281 e. The van der Waals surface area contributed by atoms with Crippen molar-refractivity contribution in [2.45, 2.75) is 12.5 Å². The third-order valence-corrected chi connectivity index (χ3v) is 5.27. The maximum Gasteiger partial charge on any atom is 0.281 e. The predicted molar refractivity (Wildman–Crippen MR) is 119 cm³/mol. The van der Waals surface area contributed by atoms with E-state index in [0.717, 1.165) is 17.0 Å². The number of furan rings is 1. The zero-order valence-electron chi connectivity index (χ0n) is 18.2. The molecule has 1 aliphatic heterocycles. The Morgan fingerprint density at radius 2 is 1.82 bits per heavy atom. The molecule has 0 spiro atoms. The number of nitrogens with two attached hydrogens (primary N) is 1. The number of hydrazone groups is 1. The molecule has 1 aromatic heterocycles. The van der Waals surface area contributed by atoms with Crippen LogP contribution in [0.15, 0.2) is 70.4 Å². The molecular weight excluding hydrogens is 426 g/mol. The number of rotatable bonds is 8. The highest BCUT2D eigenvalue weighted by Gasteiger charge is 2.35. The van der Waals surface area contributed by atoms with Crippen molar-refractivity contribution in [3.63, 3.8) is 0 Å². The first-order valence-corrected chi connectivity index (χ1v) is 10.2. The van der Waals surface area contributed by atoms with E-state index >= 15 is 0 Å². The molecule has 33 heavy (non-hydrogen) atoms. The summed E-state index contributed by atoms with van der Waals surface area (Å²) in [6, 6.07) is 15.2. The Morgan fingerprint density at radius 3 is 2.45 bits per heavy atom. The first-order valence-electron chi connectivity index (χ1n) is 10.2. The van der Waals surface area contributed by atoms with Crippen molar-refractivity contribution < 1.29 is 28.2 Å². The molecule has 2 aromatic carbocycles. The number of hydrogen-bond acceptors (Lipinski definition) is 7. The second-order valence-corrected chi connectivity index (χ2v) is 7.26. The Morgan fingerprint density at radius 1 is 1.09 bits per heavy atom. The van der Waals surface area contributed by atoms with Gasteiger partial charge in [0.05, 0.1) is 31.8 Å². The molecule has 9 heteroatoms. The lowest BCUT2D eigenvalue weighted by atomic mass is 10.0. The molecule has 0 radical (unpaired) electrons. The summed E-state index contributed by atoms with van der Waals surface area (Å²) in [5.41, 5.74) is 7.17. The van der Waals surface area contributed by atoms with Crippen LogP contribution in [0.5, 0.6) is 17.2 Å². The number of benzene rings is 2. The Hall–Kier alpha value is -4.27. The minimum atomic E-state index is -0.672. The summed E-state index contributed by atoms with van der Waals surface area (Å²) in [5.74, 6) is 0.882. The third kappa shape index (κ3) is 4.67. The molecule has 1 unspecified atom stereocenters. The molecule has 1 aliphatic rings. The maximum absolute atomic E-state index is 13.1. The molecule has 0 saturated heterocycles. The summed E-state index contributed by atoms with van der Waals surface area (Å²) in [6.07, 6.45) is 2.02. The lowest BCUT2D eigenvalue weighted by Crippen LogP contribution is -2.31. The highest BCUT2D eigenvalue weighted by molar-refractivity contribution is 6.03. The Balaban J connectivity index is 1.57. The van der Waals surface area contributed by atoms with Gasteiger partial charge in [-0.15, -0.1) is 0 Å². The van der Waals surface area contributed by atoms with Crippen molar-refractivity contribution in [3.8, 4) is 17.2 Å². The molecule has 0 bridgehead atoms. The minimum Gasteiger partial charge on any atom is -0.497 e. The highest BCUT2D eigenvalue weighted by Crippen LogP contribution is 2.34. The number of hydrogen-bond donors (Lipinski definition) is 1. The van der Waals surface area contributed by atoms with Gasteiger partial charge in [0.25, 0.3) is 11.8 Å². The number of nitrogens with zero attached hydrogens (tertiary/aromatic N) is 2. The Labute approximate surface area is 190 Å². The molecule has 0 aliphatic carbocycles. The summed E-state index contributed by atoms with van der Waals surface area (Å²) >= 11 is 0. The van der Waals surface area contributed by atoms with E-state index in [1.165, 1.54) is 24.3 Å². The summed E-state index contributed by atoms with van der Waals surface area (Å²) < 4.78 is 21.6. The molecule has 3 aromatic rings. The van der Waals surface area contributed by atoms with Gasteiger partial charge in [0.2, 0.25) is 0 Å². The molecule has 170 valence electrons. The molecule has 2 N–H and O–H groups in total. The van der Waals surface area contributed by atoms with Crippen LogP contribution in [0.25, 0.3) is 0 Å². The molecule has 4 rings (SSSR count). The van der Waals surface area contributed by atoms with Crippen LogP contribution < -0.4 is 19.9 Å². The van der Waals surface area contributed by atoms with Gasteiger partial charge in [-0.1, -0.05) is 0 Å². The molecular formula is C24H23N3O6. The van der Waals surface area contributed by atoms with Crippen LogP contribution in [0.2, 0.25) is 0 Å². The quantitative estimate of drug-likeness (QED) is 0.565. The molecule has 2 heterocycles. The summed E-state index contributed by atoms with van der Waals surface area (Å²) in [5, 5.41) is 5.91. The minimum absolute atomic E-state index is 0.148. The van der Waals surface area contributed by atoms with Crippen LogP contribution in [-0.2, 0) is 4.79 Å². The van der Waals surface area contributed by atoms with Gasteiger partial charge >= 0.3 is 0 Å². The normalized spacial score (nSPS) is 15.2. The summed E-state index contributed by atoms with van der Waals surface area (Å²) in [4.78, 5) is 24.9. The monoisotopic (exact) mass is 449 g/mol. The van der Waals surface area contributed by atoms with Crippen molar-refractivity contribution in [1.82, 2.24) is 5.01 Å². The third-order valence-electron chi connectivity index (χ3n) is 5.27. The van der Waals surface area contributed by atoms with Crippen LogP contribution in [0.4, 0.5) is 0 Å². The van der Waals surface area contributed by atoms with Crippen LogP contribution >= 0.6 is 0 Å². The average Bonchev–Trinajstić information content (AvgIpc) is 3.52. The van der Waals surface area contributed by atoms with E-state index in [-0.39, 0.29) is 17.9 Å². The second-order valence-electron chi connectivity index (χ2n) is 7.26. The van der Waals surface area contributed by atoms with Crippen molar-refractivity contribution in [3.05, 3.63) is 77.7 Å². The second kappa shape index (κ2) is 9.47. The Kier molecular flexibility index (Phi) is 6.30. The highest BCUT2D eigenvalue weighted by atomic mass is 16.5. The van der Waals surface area contributed by atoms with Crippen LogP contribution in [0.1, 0.15) is 34.1 Å². The van der Waals surface area contributed by atoms with Crippen molar-refractivity contribution in [2.24, 2.45) is 10.8 Å². The fourth-order valence-electron chi connectivity index (χ4n) is 3.56. The van der Waals surface area contributed by atoms with Crippen LogP contribution in [-0.4, -0.2) is 43.4 Å². The van der Waals surface area contributed by atoms with Gasteiger partial charge in [-0.05, 0) is 54.1 Å². The lowest BCUT2D eigenvalue weighted by molar-refractivity contribution is -0.135. The van der Waals surface area contributed by atoms with E-state index in [1.807, 2.05) is 24.3 Å². The van der Waals surface area contributed by atoms with E-state index in [9.17, 15) is 9.59 Å². The fraction of sp³-hybridized carbons (Fsp3) is 0.208. The van der Waals surface area contributed by atoms with Gasteiger partial charge in [-0.2, -0.15) is 5.10 Å². The largest absolute Gasteiger partial charge is 0.497 e. The number of carbonyl (C=O) groups excluding carboxylic acids is 2. The first kappa shape index (κ1) is 21.9. The number of amides is 2. The van der Waals surface area contributed by atoms with E-state index in [2.05, 4.69) is 5.10 Å². The van der Waals surface area contributed by atoms with E-state index in [4.69, 9.17) is 24.4 Å². The topological polar surface area (TPSA) is 117 Å². The van der Waals surface area contributed by atoms with Gasteiger partial charge < -0.3 is 24.4 Å². The van der Waals surface area contributed by atoms with Gasteiger partial charge in [0.1, 0.15) is 29.1 Å². The van der Waals surface area contributed by atoms with Gasteiger partial charge in [0.15, 0.2) is 6.61 Å². The molecule has 0 saturated carbocycles. The zero-order chi connectivity index (χ0) is 23.4. The standard InChI is InChI=1S/C24H23N3O6/c1-30-16-7-5-15(6-8-16)19-13-20(21-4-3-11-32-21)27(26-19)23(28)14-33-22-12-17(31-2)9-10-18(22)24(25)29/h3-12,20H,13-14H2,1-2H3,(H2,25,29). The number of ether oxygens (including phenoxy) is 3. The van der Waals surface area contributed by atoms with Gasteiger partial charge in [-0.25, -0.2) is 5.01 Å². The number of carbonyl (C=O) groups is 2. The molecule has 0 fully saturated rings. The Bertz CT molecular complexity index is 1170. The lowest BCUT2D eigenvalue weighted by Gasteiger charge is -2.20. The van der Waals surface area contributed by atoms with Crippen LogP contribution in [0, 0.1) is 0 Å². The first-order chi connectivity index (χ1) is 16.0. The van der Waals surface area contributed by atoms with Crippen molar-refractivity contribution in [1.29, 1.82) is 0 Å². The van der Waals surface area contributed by atoms with Crippen LogP contribution in [0.3, 0.4) is 0 Å². The maximum atomic E-state index is 13.1. The molecule has 1 atom stereocenters. The summed E-state index contributed by atoms with van der Waals surface area (Å²) in [7, 11) is 3.09. The predicted octanol–water partition coefficient (Wildman–Crippen LogP) is 3.15. The molecule has 9 nitrogen and oxygen atoms in total. The van der Waals surface area contributed by atoms with Gasteiger partial charge in [0, 0.05) is 12.5 Å². The number of primary amides is 1.